The van der Waals surface area contributed by atoms with E-state index in [1.165, 1.54) is 16.7 Å². The van der Waals surface area contributed by atoms with Gasteiger partial charge in [-0.05, 0) is 45.9 Å². The van der Waals surface area contributed by atoms with Crippen LogP contribution in [-0.2, 0) is 28.5 Å². The van der Waals surface area contributed by atoms with E-state index in [4.69, 9.17) is 0 Å². The van der Waals surface area contributed by atoms with Crippen molar-refractivity contribution in [2.45, 2.75) is 77.7 Å². The number of aliphatic hydroxyl groups excluding tert-OH is 1. The highest BCUT2D eigenvalue weighted by Gasteiger charge is 2.14. The molecule has 0 heterocycles. The first-order chi connectivity index (χ1) is 13.5. The zero-order chi connectivity index (χ0) is 22.1. The van der Waals surface area contributed by atoms with E-state index in [9.17, 15) is 9.90 Å². The van der Waals surface area contributed by atoms with E-state index in [0.717, 1.165) is 11.8 Å². The first-order valence-corrected chi connectivity index (χ1v) is 10.4. The van der Waals surface area contributed by atoms with Crippen molar-refractivity contribution < 1.29 is 9.90 Å². The molecule has 0 saturated heterocycles. The van der Waals surface area contributed by atoms with Crippen LogP contribution in [0.15, 0.2) is 61.2 Å². The summed E-state index contributed by atoms with van der Waals surface area (Å²) in [6.07, 6.45) is 4.27. The average Bonchev–Trinajstić information content (AvgIpc) is 2.62. The monoisotopic (exact) mass is 394 g/mol. The second kappa shape index (κ2) is 11.1. The Balaban J connectivity index is 0.000000296. The standard InChI is InChI=1S/C15H22O.C12H16O/c1-5-7-14(16)11-12-8-6-9-13(10-12)15(2,3)4;1-12(2,3)11-6-4-5-10(9-11)7-8-13/h5-6,8-10,14,16H,1,7,11H2,2-4H3;4-6,8-9H,7H2,1-3H3. The highest BCUT2D eigenvalue weighted by Crippen LogP contribution is 2.24. The van der Waals surface area contributed by atoms with Crippen molar-refractivity contribution in [3.63, 3.8) is 0 Å². The normalized spacial score (nSPS) is 12.5. The van der Waals surface area contributed by atoms with Crippen molar-refractivity contribution in [1.82, 2.24) is 0 Å². The largest absolute Gasteiger partial charge is 0.392 e. The molecular formula is C27H38O2. The quantitative estimate of drug-likeness (QED) is 0.468. The Kier molecular flexibility index (Phi) is 9.52. The summed E-state index contributed by atoms with van der Waals surface area (Å²) in [4.78, 5) is 10.3. The molecule has 0 fully saturated rings. The van der Waals surface area contributed by atoms with Gasteiger partial charge in [-0.1, -0.05) is 96.1 Å². The van der Waals surface area contributed by atoms with E-state index in [-0.39, 0.29) is 16.9 Å². The molecule has 2 aromatic carbocycles. The van der Waals surface area contributed by atoms with E-state index in [2.05, 4.69) is 84.5 Å². The Morgan fingerprint density at radius 1 is 0.897 bits per heavy atom. The molecule has 0 aromatic heterocycles. The second-order valence-electron chi connectivity index (χ2n) is 9.65. The molecule has 0 aliphatic heterocycles. The van der Waals surface area contributed by atoms with Gasteiger partial charge in [-0.15, -0.1) is 6.58 Å². The summed E-state index contributed by atoms with van der Waals surface area (Å²) in [5.41, 5.74) is 5.23. The first-order valence-electron chi connectivity index (χ1n) is 10.4. The lowest BCUT2D eigenvalue weighted by Crippen LogP contribution is -2.13. The van der Waals surface area contributed by atoms with Crippen molar-refractivity contribution in [3.05, 3.63) is 83.4 Å². The molecule has 0 amide bonds. The molecule has 158 valence electrons. The molecule has 0 bridgehead atoms. The highest BCUT2D eigenvalue weighted by atomic mass is 16.3. The second-order valence-corrected chi connectivity index (χ2v) is 9.65. The number of hydrogen-bond donors (Lipinski definition) is 1. The molecule has 1 unspecified atom stereocenters. The highest BCUT2D eigenvalue weighted by molar-refractivity contribution is 5.55. The Morgan fingerprint density at radius 3 is 1.83 bits per heavy atom. The zero-order valence-corrected chi connectivity index (χ0v) is 19.0. The van der Waals surface area contributed by atoms with Crippen molar-refractivity contribution >= 4 is 6.29 Å². The van der Waals surface area contributed by atoms with E-state index in [1.807, 2.05) is 12.1 Å². The summed E-state index contributed by atoms with van der Waals surface area (Å²) < 4.78 is 0. The van der Waals surface area contributed by atoms with Crippen LogP contribution in [0.2, 0.25) is 0 Å². The summed E-state index contributed by atoms with van der Waals surface area (Å²) >= 11 is 0. The van der Waals surface area contributed by atoms with Crippen LogP contribution in [0.4, 0.5) is 0 Å². The Hall–Kier alpha value is -2.19. The van der Waals surface area contributed by atoms with Gasteiger partial charge in [0, 0.05) is 6.42 Å². The van der Waals surface area contributed by atoms with Gasteiger partial charge in [0.1, 0.15) is 6.29 Å². The van der Waals surface area contributed by atoms with Gasteiger partial charge in [-0.25, -0.2) is 0 Å². The third-order valence-corrected chi connectivity index (χ3v) is 4.82. The van der Waals surface area contributed by atoms with Gasteiger partial charge in [-0.3, -0.25) is 0 Å². The van der Waals surface area contributed by atoms with E-state index in [1.54, 1.807) is 6.08 Å². The van der Waals surface area contributed by atoms with Gasteiger partial charge in [0.05, 0.1) is 6.10 Å². The fourth-order valence-corrected chi connectivity index (χ4v) is 2.97. The number of aldehydes is 1. The molecule has 0 saturated carbocycles. The molecule has 0 radical (unpaired) electrons. The Bertz CT molecular complexity index is 776. The summed E-state index contributed by atoms with van der Waals surface area (Å²) in [7, 11) is 0. The van der Waals surface area contributed by atoms with Crippen LogP contribution in [-0.4, -0.2) is 17.5 Å². The van der Waals surface area contributed by atoms with Crippen LogP contribution in [0.5, 0.6) is 0 Å². The summed E-state index contributed by atoms with van der Waals surface area (Å²) in [5.74, 6) is 0. The number of carbonyl (C=O) groups is 1. The minimum Gasteiger partial charge on any atom is -0.392 e. The number of carbonyl (C=O) groups excluding carboxylic acids is 1. The summed E-state index contributed by atoms with van der Waals surface area (Å²) in [6.45, 7) is 16.8. The minimum absolute atomic E-state index is 0.166. The van der Waals surface area contributed by atoms with Gasteiger partial charge < -0.3 is 9.90 Å². The molecule has 1 atom stereocenters. The third kappa shape index (κ3) is 9.23. The lowest BCUT2D eigenvalue weighted by molar-refractivity contribution is -0.107. The maximum Gasteiger partial charge on any atom is 0.124 e. The summed E-state index contributed by atoms with van der Waals surface area (Å²) in [5, 5.41) is 9.73. The third-order valence-electron chi connectivity index (χ3n) is 4.82. The lowest BCUT2D eigenvalue weighted by Gasteiger charge is -2.20. The van der Waals surface area contributed by atoms with Crippen molar-refractivity contribution in [1.29, 1.82) is 0 Å². The molecule has 2 aromatic rings. The van der Waals surface area contributed by atoms with Crippen molar-refractivity contribution in [2.75, 3.05) is 0 Å². The molecular weight excluding hydrogens is 356 g/mol. The molecule has 0 aliphatic carbocycles. The van der Waals surface area contributed by atoms with Gasteiger partial charge >= 0.3 is 0 Å². The van der Waals surface area contributed by atoms with E-state index < -0.39 is 0 Å². The zero-order valence-electron chi connectivity index (χ0n) is 19.0. The SMILES string of the molecule is C=CCC(O)Cc1cccc(C(C)(C)C)c1.CC(C)(C)c1cccc(CC=O)c1. The molecule has 2 rings (SSSR count). The maximum atomic E-state index is 10.3. The average molecular weight is 395 g/mol. The van der Waals surface area contributed by atoms with Crippen LogP contribution in [0, 0.1) is 0 Å². The van der Waals surface area contributed by atoms with E-state index >= 15 is 0 Å². The molecule has 29 heavy (non-hydrogen) atoms. The van der Waals surface area contributed by atoms with Gasteiger partial charge in [0.25, 0.3) is 0 Å². The Morgan fingerprint density at radius 2 is 1.38 bits per heavy atom. The topological polar surface area (TPSA) is 37.3 Å². The van der Waals surface area contributed by atoms with Crippen LogP contribution < -0.4 is 0 Å². The minimum atomic E-state index is -0.312. The van der Waals surface area contributed by atoms with Crippen molar-refractivity contribution in [3.8, 4) is 0 Å². The number of aliphatic hydroxyl groups is 1. The Labute approximate surface area is 177 Å². The van der Waals surface area contributed by atoms with E-state index in [0.29, 0.717) is 19.3 Å². The van der Waals surface area contributed by atoms with Crippen LogP contribution >= 0.6 is 0 Å². The molecule has 0 spiro atoms. The van der Waals surface area contributed by atoms with Gasteiger partial charge in [0.15, 0.2) is 0 Å². The van der Waals surface area contributed by atoms with Crippen LogP contribution in [0.25, 0.3) is 0 Å². The smallest absolute Gasteiger partial charge is 0.124 e. The molecule has 2 nitrogen and oxygen atoms in total. The lowest BCUT2D eigenvalue weighted by atomic mass is 9.85. The molecule has 2 heteroatoms. The fourth-order valence-electron chi connectivity index (χ4n) is 2.97. The molecule has 0 aliphatic rings. The number of benzene rings is 2. The first kappa shape index (κ1) is 24.8. The summed E-state index contributed by atoms with van der Waals surface area (Å²) in [6, 6.07) is 16.7. The fraction of sp³-hybridized carbons (Fsp3) is 0.444. The predicted molar refractivity (Wildman–Crippen MR) is 125 cm³/mol. The van der Waals surface area contributed by atoms with Gasteiger partial charge in [-0.2, -0.15) is 0 Å². The predicted octanol–water partition coefficient (Wildman–Crippen LogP) is 6.19. The number of rotatable bonds is 6. The number of hydrogen-bond acceptors (Lipinski definition) is 2. The van der Waals surface area contributed by atoms with Crippen molar-refractivity contribution in [2.24, 2.45) is 0 Å². The van der Waals surface area contributed by atoms with Crippen LogP contribution in [0.1, 0.15) is 70.2 Å². The van der Waals surface area contributed by atoms with Crippen LogP contribution in [0.3, 0.4) is 0 Å². The van der Waals surface area contributed by atoms with Gasteiger partial charge in [0.2, 0.25) is 0 Å². The maximum absolute atomic E-state index is 10.3. The molecule has 1 N–H and O–H groups in total.